The molecule has 0 nitrogen and oxygen atoms in total. The number of hydrogen-bond acceptors (Lipinski definition) is 1. The SMILES string of the molecule is [Cd+2].[S-2].[S]=[Ni]. The zero-order valence-corrected chi connectivity index (χ0v) is 8.50. The van der Waals surface area contributed by atoms with E-state index in [9.17, 15) is 0 Å². The standard InChI is InChI=1S/Cd.Ni.2S/q+2;;;-2. The van der Waals surface area contributed by atoms with E-state index >= 15 is 0 Å². The van der Waals surface area contributed by atoms with Gasteiger partial charge in [0.15, 0.2) is 0 Å². The molecule has 0 atom stereocenters. The van der Waals surface area contributed by atoms with Gasteiger partial charge in [-0.2, -0.15) is 0 Å². The van der Waals surface area contributed by atoms with Crippen molar-refractivity contribution in [3.8, 4) is 0 Å². The fourth-order valence-corrected chi connectivity index (χ4v) is 0. The molecule has 0 heterocycles. The van der Waals surface area contributed by atoms with E-state index in [1.165, 1.54) is 0 Å². The monoisotopic (exact) mass is 236 g/mol. The van der Waals surface area contributed by atoms with Crippen LogP contribution in [0.5, 0.6) is 0 Å². The summed E-state index contributed by atoms with van der Waals surface area (Å²) >= 11 is 3.46. The minimum atomic E-state index is 0. The van der Waals surface area contributed by atoms with E-state index in [1.807, 2.05) is 0 Å². The van der Waals surface area contributed by atoms with Crippen LogP contribution in [0.25, 0.3) is 0 Å². The molecule has 0 bridgehead atoms. The van der Waals surface area contributed by atoms with Crippen LogP contribution in [-0.4, -0.2) is 0 Å². The molecule has 0 unspecified atom stereocenters. The Hall–Kier alpha value is 1.99. The first-order valence-corrected chi connectivity index (χ1v) is 1.60. The van der Waals surface area contributed by atoms with Crippen molar-refractivity contribution in [1.82, 2.24) is 0 Å². The average molecular weight is 235 g/mol. The van der Waals surface area contributed by atoms with Crippen molar-refractivity contribution in [1.29, 1.82) is 0 Å². The van der Waals surface area contributed by atoms with E-state index in [0.717, 1.165) is 0 Å². The quantitative estimate of drug-likeness (QED) is 0.555. The van der Waals surface area contributed by atoms with Crippen molar-refractivity contribution >= 4 is 24.2 Å². The van der Waals surface area contributed by atoms with Gasteiger partial charge in [0.2, 0.25) is 0 Å². The molecule has 24 valence electrons. The van der Waals surface area contributed by atoms with Crippen LogP contribution in [0, 0.1) is 0 Å². The Morgan fingerprint density at radius 3 is 1.25 bits per heavy atom. The molecular formula is CdNiS2. The van der Waals surface area contributed by atoms with Crippen LogP contribution in [0.1, 0.15) is 0 Å². The molecular weight excluding hydrogens is 235 g/mol. The maximum atomic E-state index is 3.71. The van der Waals surface area contributed by atoms with Crippen molar-refractivity contribution in [2.45, 2.75) is 0 Å². The number of hydrogen-bond donors (Lipinski definition) is 0. The van der Waals surface area contributed by atoms with E-state index in [4.69, 9.17) is 0 Å². The second-order valence-corrected chi connectivity index (χ2v) is 0. The normalized spacial score (nSPS) is 1.50. The topological polar surface area (TPSA) is 0 Å². The fourth-order valence-electron chi connectivity index (χ4n) is 0. The van der Waals surface area contributed by atoms with Gasteiger partial charge < -0.3 is 13.5 Å². The Labute approximate surface area is 64.6 Å². The van der Waals surface area contributed by atoms with E-state index in [-0.39, 0.29) is 40.8 Å². The van der Waals surface area contributed by atoms with Crippen LogP contribution in [-0.2, 0) is 54.7 Å². The summed E-state index contributed by atoms with van der Waals surface area (Å²) in [7, 11) is 3.71. The Morgan fingerprint density at radius 2 is 1.25 bits per heavy atom. The Kier molecular flexibility index (Phi) is 83.8. The molecule has 0 spiro atoms. The summed E-state index contributed by atoms with van der Waals surface area (Å²) in [6.07, 6.45) is 0. The Balaban J connectivity index is -0.00000000500. The van der Waals surface area contributed by atoms with Gasteiger partial charge in [0, 0.05) is 0 Å². The minimum absolute atomic E-state index is 0. The van der Waals surface area contributed by atoms with Gasteiger partial charge in [0.1, 0.15) is 0 Å². The third-order valence-electron chi connectivity index (χ3n) is 0. The molecule has 0 aromatic rings. The zero-order valence-electron chi connectivity index (χ0n) is 1.84. The van der Waals surface area contributed by atoms with Gasteiger partial charge in [-0.25, -0.2) is 0 Å². The van der Waals surface area contributed by atoms with E-state index in [2.05, 4.69) is 24.5 Å². The van der Waals surface area contributed by atoms with Crippen LogP contribution >= 0.6 is 10.7 Å². The third-order valence-corrected chi connectivity index (χ3v) is 0. The molecule has 0 saturated carbocycles. The van der Waals surface area contributed by atoms with Gasteiger partial charge in [-0.1, -0.05) is 0 Å². The summed E-state index contributed by atoms with van der Waals surface area (Å²) in [6.45, 7) is 0. The van der Waals surface area contributed by atoms with Gasteiger partial charge in [-0.15, -0.1) is 0 Å². The van der Waals surface area contributed by atoms with Crippen LogP contribution < -0.4 is 0 Å². The molecule has 0 N–H and O–H groups in total. The first-order valence-electron chi connectivity index (χ1n) is 0.129. The molecule has 0 saturated heterocycles. The van der Waals surface area contributed by atoms with Crippen LogP contribution in [0.15, 0.2) is 0 Å². The van der Waals surface area contributed by atoms with Crippen LogP contribution in [0.4, 0.5) is 0 Å². The molecule has 0 aromatic heterocycles. The molecule has 0 amide bonds. The summed E-state index contributed by atoms with van der Waals surface area (Å²) in [5.41, 5.74) is 0. The second kappa shape index (κ2) is 20.1. The van der Waals surface area contributed by atoms with E-state index in [0.29, 0.717) is 0 Å². The predicted molar refractivity (Wildman–Crippen MR) is 15.0 cm³/mol. The van der Waals surface area contributed by atoms with E-state index < -0.39 is 0 Å². The molecule has 0 aliphatic heterocycles. The molecule has 0 fully saturated rings. The molecule has 0 aromatic carbocycles. The molecule has 0 aliphatic rings. The summed E-state index contributed by atoms with van der Waals surface area (Å²) < 4.78 is 0. The first-order chi connectivity index (χ1) is 1.00. The Morgan fingerprint density at radius 1 is 1.25 bits per heavy atom. The van der Waals surface area contributed by atoms with Gasteiger partial charge in [-0.3, -0.25) is 0 Å². The van der Waals surface area contributed by atoms with Crippen LogP contribution in [0.3, 0.4) is 0 Å². The van der Waals surface area contributed by atoms with Gasteiger partial charge in [0.05, 0.1) is 0 Å². The second-order valence-electron chi connectivity index (χ2n) is 0. The van der Waals surface area contributed by atoms with Gasteiger partial charge >= 0.3 is 51.8 Å². The third kappa shape index (κ3) is 9.01. The van der Waals surface area contributed by atoms with Crippen molar-refractivity contribution in [3.63, 3.8) is 0 Å². The summed E-state index contributed by atoms with van der Waals surface area (Å²) in [4.78, 5) is 0. The van der Waals surface area contributed by atoms with E-state index in [1.54, 1.807) is 0 Å². The van der Waals surface area contributed by atoms with Crippen molar-refractivity contribution in [2.75, 3.05) is 0 Å². The molecule has 4 heavy (non-hydrogen) atoms. The molecule has 0 radical (unpaired) electrons. The Bertz CT molecular complexity index is 6.00. The molecule has 0 aliphatic carbocycles. The molecule has 0 rings (SSSR count). The van der Waals surface area contributed by atoms with Crippen molar-refractivity contribution in [2.24, 2.45) is 0 Å². The first kappa shape index (κ1) is 16.7. The maximum absolute atomic E-state index is 3.71. The predicted octanol–water partition coefficient (Wildman–Crippen LogP) is 0.641. The summed E-state index contributed by atoms with van der Waals surface area (Å²) in [5, 5.41) is 0. The number of rotatable bonds is 0. The van der Waals surface area contributed by atoms with Crippen molar-refractivity contribution in [3.05, 3.63) is 0 Å². The summed E-state index contributed by atoms with van der Waals surface area (Å²) in [5.74, 6) is 0. The summed E-state index contributed by atoms with van der Waals surface area (Å²) in [6, 6.07) is 0. The average Bonchev–Trinajstić information content (AvgIpc) is 1.00. The van der Waals surface area contributed by atoms with Crippen LogP contribution in [0.2, 0.25) is 0 Å². The van der Waals surface area contributed by atoms with Crippen molar-refractivity contribution < 1.29 is 41.2 Å². The van der Waals surface area contributed by atoms with Gasteiger partial charge in [0.25, 0.3) is 0 Å². The molecule has 4 heteroatoms. The zero-order chi connectivity index (χ0) is 2.00. The fraction of sp³-hybridized carbons (Fsp3) is 0. The van der Waals surface area contributed by atoms with Gasteiger partial charge in [-0.05, 0) is 0 Å².